The fourth-order valence-corrected chi connectivity index (χ4v) is 2.45. The van der Waals surface area contributed by atoms with Crippen LogP contribution in [0.4, 0.5) is 0 Å². The maximum absolute atomic E-state index is 5.66. The molecule has 1 aliphatic rings. The van der Waals surface area contributed by atoms with E-state index in [1.807, 2.05) is 6.08 Å². The Bertz CT molecular complexity index is 439. The van der Waals surface area contributed by atoms with Crippen molar-refractivity contribution in [1.82, 2.24) is 14.1 Å². The lowest BCUT2D eigenvalue weighted by molar-refractivity contribution is 0.349. The molecule has 1 atom stereocenters. The molecular formula is C13H19N3OS. The van der Waals surface area contributed by atoms with Gasteiger partial charge in [0.2, 0.25) is 0 Å². The zero-order chi connectivity index (χ0) is 12.8. The largest absolute Gasteiger partial charge is 0.471 e. The molecule has 5 heteroatoms. The molecule has 2 heterocycles. The van der Waals surface area contributed by atoms with Crippen LogP contribution in [0.15, 0.2) is 18.2 Å². The van der Waals surface area contributed by atoms with Gasteiger partial charge in [0.15, 0.2) is 0 Å². The van der Waals surface area contributed by atoms with Crippen molar-refractivity contribution in [2.75, 3.05) is 13.2 Å². The Morgan fingerprint density at radius 1 is 1.50 bits per heavy atom. The van der Waals surface area contributed by atoms with Gasteiger partial charge >= 0.3 is 0 Å². The van der Waals surface area contributed by atoms with Gasteiger partial charge in [0.1, 0.15) is 12.3 Å². The van der Waals surface area contributed by atoms with Crippen molar-refractivity contribution in [3.63, 3.8) is 0 Å². The molecule has 0 bridgehead atoms. The van der Waals surface area contributed by atoms with Crippen LogP contribution in [0.25, 0.3) is 5.57 Å². The topological polar surface area (TPSA) is 47.0 Å². The molecule has 1 aliphatic heterocycles. The first kappa shape index (κ1) is 13.2. The van der Waals surface area contributed by atoms with Gasteiger partial charge in [0.05, 0.1) is 11.7 Å². The SMILES string of the molecule is CC/C=C\COc1nsnc1C1=CCCNC1C. The van der Waals surface area contributed by atoms with Crippen molar-refractivity contribution in [3.05, 3.63) is 23.9 Å². The minimum absolute atomic E-state index is 0.316. The van der Waals surface area contributed by atoms with Gasteiger partial charge in [-0.15, -0.1) is 4.37 Å². The number of hydrogen-bond donors (Lipinski definition) is 1. The second-order valence-corrected chi connectivity index (χ2v) is 4.76. The van der Waals surface area contributed by atoms with Gasteiger partial charge < -0.3 is 10.1 Å². The van der Waals surface area contributed by atoms with E-state index in [-0.39, 0.29) is 0 Å². The maximum Gasteiger partial charge on any atom is 0.253 e. The number of hydrogen-bond acceptors (Lipinski definition) is 5. The van der Waals surface area contributed by atoms with Crippen LogP contribution in [-0.4, -0.2) is 27.9 Å². The Kier molecular flexibility index (Phi) is 4.90. The molecule has 98 valence electrons. The molecule has 0 aliphatic carbocycles. The fraction of sp³-hybridized carbons (Fsp3) is 0.538. The zero-order valence-electron chi connectivity index (χ0n) is 10.8. The number of nitrogens with zero attached hydrogens (tertiary/aromatic N) is 2. The summed E-state index contributed by atoms with van der Waals surface area (Å²) in [6.45, 7) is 5.83. The minimum atomic E-state index is 0.316. The van der Waals surface area contributed by atoms with Crippen LogP contribution >= 0.6 is 11.7 Å². The molecule has 0 spiro atoms. The van der Waals surface area contributed by atoms with Gasteiger partial charge in [0.25, 0.3) is 5.88 Å². The lowest BCUT2D eigenvalue weighted by Crippen LogP contribution is -2.31. The summed E-state index contributed by atoms with van der Waals surface area (Å²) in [6.07, 6.45) is 8.39. The highest BCUT2D eigenvalue weighted by atomic mass is 32.1. The Morgan fingerprint density at radius 2 is 2.39 bits per heavy atom. The van der Waals surface area contributed by atoms with Gasteiger partial charge in [0, 0.05) is 6.04 Å². The van der Waals surface area contributed by atoms with Crippen LogP contribution in [0, 0.1) is 0 Å². The Balaban J connectivity index is 2.07. The van der Waals surface area contributed by atoms with Crippen LogP contribution in [0.2, 0.25) is 0 Å². The van der Waals surface area contributed by atoms with Crippen molar-refractivity contribution in [3.8, 4) is 5.88 Å². The summed E-state index contributed by atoms with van der Waals surface area (Å²) in [5, 5.41) is 3.42. The molecule has 0 amide bonds. The average molecular weight is 265 g/mol. The summed E-state index contributed by atoms with van der Waals surface area (Å²) < 4.78 is 14.3. The standard InChI is InChI=1S/C13H19N3OS/c1-3-4-5-9-17-13-12(15-18-16-13)11-7-6-8-14-10(11)2/h4-5,7,10,14H,3,6,8-9H2,1-2H3/b5-4-. The van der Waals surface area contributed by atoms with Gasteiger partial charge in [-0.1, -0.05) is 25.2 Å². The van der Waals surface area contributed by atoms with E-state index in [0.717, 1.165) is 25.1 Å². The molecular weight excluding hydrogens is 246 g/mol. The van der Waals surface area contributed by atoms with Crippen LogP contribution in [0.1, 0.15) is 32.4 Å². The van der Waals surface area contributed by atoms with E-state index in [1.54, 1.807) is 0 Å². The van der Waals surface area contributed by atoms with Crippen LogP contribution < -0.4 is 10.1 Å². The van der Waals surface area contributed by atoms with E-state index >= 15 is 0 Å². The van der Waals surface area contributed by atoms with Crippen LogP contribution in [0.5, 0.6) is 5.88 Å². The molecule has 0 saturated heterocycles. The quantitative estimate of drug-likeness (QED) is 0.831. The lowest BCUT2D eigenvalue weighted by atomic mass is 10.0. The highest BCUT2D eigenvalue weighted by Gasteiger charge is 2.20. The molecule has 0 saturated carbocycles. The first-order chi connectivity index (χ1) is 8.83. The van der Waals surface area contributed by atoms with Gasteiger partial charge in [-0.05, 0) is 31.9 Å². The minimum Gasteiger partial charge on any atom is -0.471 e. The van der Waals surface area contributed by atoms with E-state index in [1.165, 1.54) is 17.3 Å². The van der Waals surface area contributed by atoms with Crippen molar-refractivity contribution in [2.24, 2.45) is 0 Å². The number of aromatic nitrogens is 2. The first-order valence-corrected chi connectivity index (χ1v) is 7.10. The van der Waals surface area contributed by atoms with Crippen molar-refractivity contribution in [2.45, 2.75) is 32.7 Å². The smallest absolute Gasteiger partial charge is 0.253 e. The molecule has 1 N–H and O–H groups in total. The van der Waals surface area contributed by atoms with Gasteiger partial charge in [-0.2, -0.15) is 4.37 Å². The predicted octanol–water partition coefficient (Wildman–Crippen LogP) is 2.65. The molecule has 0 radical (unpaired) electrons. The normalized spacial score (nSPS) is 20.1. The summed E-state index contributed by atoms with van der Waals surface area (Å²) in [4.78, 5) is 0. The molecule has 18 heavy (non-hydrogen) atoms. The average Bonchev–Trinajstić information content (AvgIpc) is 2.83. The summed E-state index contributed by atoms with van der Waals surface area (Å²) in [5.74, 6) is 0.655. The van der Waals surface area contributed by atoms with E-state index in [4.69, 9.17) is 4.74 Å². The third-order valence-electron chi connectivity index (χ3n) is 2.88. The lowest BCUT2D eigenvalue weighted by Gasteiger charge is -2.21. The number of allylic oxidation sites excluding steroid dienone is 1. The summed E-state index contributed by atoms with van der Waals surface area (Å²) in [7, 11) is 0. The number of nitrogens with one attached hydrogen (secondary N) is 1. The van der Waals surface area contributed by atoms with E-state index in [9.17, 15) is 0 Å². The second-order valence-electron chi connectivity index (χ2n) is 4.23. The molecule has 1 aromatic heterocycles. The summed E-state index contributed by atoms with van der Waals surface area (Å²) in [5.41, 5.74) is 2.09. The zero-order valence-corrected chi connectivity index (χ0v) is 11.7. The second kappa shape index (κ2) is 6.66. The monoisotopic (exact) mass is 265 g/mol. The first-order valence-electron chi connectivity index (χ1n) is 6.37. The molecule has 0 fully saturated rings. The Labute approximate surface area is 112 Å². The number of rotatable bonds is 5. The molecule has 1 unspecified atom stereocenters. The Morgan fingerprint density at radius 3 is 3.17 bits per heavy atom. The fourth-order valence-electron chi connectivity index (χ4n) is 1.93. The summed E-state index contributed by atoms with van der Waals surface area (Å²) in [6, 6.07) is 0.316. The predicted molar refractivity (Wildman–Crippen MR) is 74.9 cm³/mol. The van der Waals surface area contributed by atoms with Crippen molar-refractivity contribution >= 4 is 17.3 Å². The molecule has 2 rings (SSSR count). The highest BCUT2D eigenvalue weighted by molar-refractivity contribution is 6.99. The van der Waals surface area contributed by atoms with Crippen molar-refractivity contribution < 1.29 is 4.74 Å². The van der Waals surface area contributed by atoms with Crippen LogP contribution in [0.3, 0.4) is 0 Å². The van der Waals surface area contributed by atoms with Crippen molar-refractivity contribution in [1.29, 1.82) is 0 Å². The van der Waals surface area contributed by atoms with E-state index in [0.29, 0.717) is 18.5 Å². The van der Waals surface area contributed by atoms with Crippen LogP contribution in [-0.2, 0) is 0 Å². The van der Waals surface area contributed by atoms with Gasteiger partial charge in [-0.25, -0.2) is 0 Å². The number of ether oxygens (including phenoxy) is 1. The molecule has 0 aromatic carbocycles. The third-order valence-corrected chi connectivity index (χ3v) is 3.39. The summed E-state index contributed by atoms with van der Waals surface area (Å²) >= 11 is 1.21. The third kappa shape index (κ3) is 3.17. The maximum atomic E-state index is 5.66. The molecule has 1 aromatic rings. The van der Waals surface area contributed by atoms with E-state index < -0.39 is 0 Å². The van der Waals surface area contributed by atoms with E-state index in [2.05, 4.69) is 40.1 Å². The highest BCUT2D eigenvalue weighted by Crippen LogP contribution is 2.28. The Hall–Kier alpha value is -1.20. The van der Waals surface area contributed by atoms with Gasteiger partial charge in [-0.3, -0.25) is 0 Å². The molecule has 4 nitrogen and oxygen atoms in total.